The molecule has 0 radical (unpaired) electrons. The van der Waals surface area contributed by atoms with E-state index in [-0.39, 0.29) is 6.10 Å². The number of fused-ring (bicyclic) bond motifs is 3. The molecular weight excluding hydrogens is 268 g/mol. The summed E-state index contributed by atoms with van der Waals surface area (Å²) >= 11 is 0. The van der Waals surface area contributed by atoms with Crippen LogP contribution in [0, 0.1) is 6.92 Å². The molecule has 0 amide bonds. The lowest BCUT2D eigenvalue weighted by Crippen LogP contribution is -2.23. The molecule has 0 spiro atoms. The molecule has 3 aromatic carbocycles. The maximum atomic E-state index is 6.12. The van der Waals surface area contributed by atoms with Crippen LogP contribution in [0.3, 0.4) is 0 Å². The molecule has 0 saturated carbocycles. The van der Waals surface area contributed by atoms with E-state index in [4.69, 9.17) is 4.74 Å². The number of hydrogen-bond acceptors (Lipinski definition) is 1. The standard InChI is InChI=1S/C21H20O/c1-14-7-9-17(10-8-14)19-13-15(2)22-20-12-11-16-5-3-4-6-18(16)21(19)20/h3-12,15,19H,13H2,1-2H3. The van der Waals surface area contributed by atoms with Crippen LogP contribution in [0.2, 0.25) is 0 Å². The normalized spacial score (nSPS) is 20.5. The van der Waals surface area contributed by atoms with E-state index in [2.05, 4.69) is 74.5 Å². The van der Waals surface area contributed by atoms with Crippen molar-refractivity contribution in [3.63, 3.8) is 0 Å². The fourth-order valence-electron chi connectivity index (χ4n) is 3.55. The van der Waals surface area contributed by atoms with Crippen LogP contribution in [-0.2, 0) is 0 Å². The van der Waals surface area contributed by atoms with Gasteiger partial charge in [-0.2, -0.15) is 0 Å². The highest BCUT2D eigenvalue weighted by Gasteiger charge is 2.28. The first-order chi connectivity index (χ1) is 10.7. The van der Waals surface area contributed by atoms with Crippen molar-refractivity contribution in [3.05, 3.63) is 77.4 Å². The van der Waals surface area contributed by atoms with Crippen LogP contribution in [-0.4, -0.2) is 6.10 Å². The van der Waals surface area contributed by atoms with Crippen molar-refractivity contribution < 1.29 is 4.74 Å². The first-order valence-electron chi connectivity index (χ1n) is 7.97. The summed E-state index contributed by atoms with van der Waals surface area (Å²) in [7, 11) is 0. The quantitative estimate of drug-likeness (QED) is 0.578. The Morgan fingerprint density at radius 2 is 1.68 bits per heavy atom. The fraction of sp³-hybridized carbons (Fsp3) is 0.238. The van der Waals surface area contributed by atoms with Gasteiger partial charge in [-0.3, -0.25) is 0 Å². The Hall–Kier alpha value is -2.28. The first kappa shape index (κ1) is 13.4. The van der Waals surface area contributed by atoms with Crippen LogP contribution in [0.1, 0.15) is 36.0 Å². The van der Waals surface area contributed by atoms with Crippen molar-refractivity contribution in [2.24, 2.45) is 0 Å². The molecule has 1 aliphatic rings. The highest BCUT2D eigenvalue weighted by atomic mass is 16.5. The van der Waals surface area contributed by atoms with E-state index in [1.807, 2.05) is 0 Å². The molecule has 3 aromatic rings. The third-order valence-electron chi connectivity index (χ3n) is 4.65. The molecule has 110 valence electrons. The molecule has 22 heavy (non-hydrogen) atoms. The van der Waals surface area contributed by atoms with Gasteiger partial charge in [0, 0.05) is 11.5 Å². The Bertz CT molecular complexity index is 817. The van der Waals surface area contributed by atoms with Gasteiger partial charge in [0.2, 0.25) is 0 Å². The summed E-state index contributed by atoms with van der Waals surface area (Å²) in [4.78, 5) is 0. The van der Waals surface area contributed by atoms with Crippen molar-refractivity contribution in [3.8, 4) is 5.75 Å². The summed E-state index contributed by atoms with van der Waals surface area (Å²) in [5.41, 5.74) is 4.04. The van der Waals surface area contributed by atoms with Crippen LogP contribution < -0.4 is 4.74 Å². The highest BCUT2D eigenvalue weighted by molar-refractivity contribution is 5.89. The SMILES string of the molecule is Cc1ccc(C2CC(C)Oc3ccc4ccccc4c32)cc1. The van der Waals surface area contributed by atoms with Gasteiger partial charge in [-0.15, -0.1) is 0 Å². The molecule has 0 bridgehead atoms. The molecule has 2 atom stereocenters. The molecular formula is C21H20O. The lowest BCUT2D eigenvalue weighted by molar-refractivity contribution is 0.184. The Labute approximate surface area is 131 Å². The maximum absolute atomic E-state index is 6.12. The zero-order chi connectivity index (χ0) is 15.1. The molecule has 1 aliphatic heterocycles. The molecule has 2 unspecified atom stereocenters. The van der Waals surface area contributed by atoms with Gasteiger partial charge in [-0.05, 0) is 42.7 Å². The summed E-state index contributed by atoms with van der Waals surface area (Å²) in [5.74, 6) is 1.45. The van der Waals surface area contributed by atoms with Crippen LogP contribution >= 0.6 is 0 Å². The first-order valence-corrected chi connectivity index (χ1v) is 7.97. The van der Waals surface area contributed by atoms with Crippen LogP contribution in [0.5, 0.6) is 5.75 Å². The van der Waals surface area contributed by atoms with Crippen molar-refractivity contribution in [1.29, 1.82) is 0 Å². The number of hydrogen-bond donors (Lipinski definition) is 0. The predicted molar refractivity (Wildman–Crippen MR) is 91.7 cm³/mol. The predicted octanol–water partition coefficient (Wildman–Crippen LogP) is 5.45. The minimum Gasteiger partial charge on any atom is -0.490 e. The van der Waals surface area contributed by atoms with Crippen molar-refractivity contribution in [1.82, 2.24) is 0 Å². The second-order valence-electron chi connectivity index (χ2n) is 6.33. The number of benzene rings is 3. The zero-order valence-electron chi connectivity index (χ0n) is 13.0. The van der Waals surface area contributed by atoms with E-state index in [9.17, 15) is 0 Å². The lowest BCUT2D eigenvalue weighted by Gasteiger charge is -2.32. The Balaban J connectivity index is 1.95. The smallest absolute Gasteiger partial charge is 0.124 e. The summed E-state index contributed by atoms with van der Waals surface area (Å²) in [6.45, 7) is 4.30. The van der Waals surface area contributed by atoms with E-state index >= 15 is 0 Å². The van der Waals surface area contributed by atoms with Gasteiger partial charge in [0.05, 0.1) is 6.10 Å². The molecule has 1 heterocycles. The molecule has 1 heteroatoms. The van der Waals surface area contributed by atoms with Gasteiger partial charge in [-0.1, -0.05) is 60.2 Å². The molecule has 1 nitrogen and oxygen atoms in total. The molecule has 0 aliphatic carbocycles. The highest BCUT2D eigenvalue weighted by Crippen LogP contribution is 2.44. The molecule has 0 aromatic heterocycles. The van der Waals surface area contributed by atoms with Crippen LogP contribution in [0.4, 0.5) is 0 Å². The van der Waals surface area contributed by atoms with Gasteiger partial charge < -0.3 is 4.74 Å². The summed E-state index contributed by atoms with van der Waals surface area (Å²) in [5, 5.41) is 2.61. The average Bonchev–Trinajstić information content (AvgIpc) is 2.54. The average molecular weight is 288 g/mol. The van der Waals surface area contributed by atoms with E-state index in [1.165, 1.54) is 27.5 Å². The third kappa shape index (κ3) is 2.18. The van der Waals surface area contributed by atoms with Crippen molar-refractivity contribution in [2.75, 3.05) is 0 Å². The largest absolute Gasteiger partial charge is 0.490 e. The minimum absolute atomic E-state index is 0.250. The summed E-state index contributed by atoms with van der Waals surface area (Å²) in [6.07, 6.45) is 1.28. The minimum atomic E-state index is 0.250. The van der Waals surface area contributed by atoms with Crippen LogP contribution in [0.25, 0.3) is 10.8 Å². The monoisotopic (exact) mass is 288 g/mol. The zero-order valence-corrected chi connectivity index (χ0v) is 13.0. The maximum Gasteiger partial charge on any atom is 0.124 e. The second-order valence-corrected chi connectivity index (χ2v) is 6.33. The topological polar surface area (TPSA) is 9.23 Å². The molecule has 0 N–H and O–H groups in total. The molecule has 0 fully saturated rings. The van der Waals surface area contributed by atoms with Gasteiger partial charge in [0.15, 0.2) is 0 Å². The number of ether oxygens (including phenoxy) is 1. The Kier molecular flexibility index (Phi) is 3.15. The number of aryl methyl sites for hydroxylation is 1. The van der Waals surface area contributed by atoms with E-state index < -0.39 is 0 Å². The molecule has 0 saturated heterocycles. The fourth-order valence-corrected chi connectivity index (χ4v) is 3.55. The van der Waals surface area contributed by atoms with Crippen molar-refractivity contribution in [2.45, 2.75) is 32.3 Å². The Morgan fingerprint density at radius 3 is 2.50 bits per heavy atom. The molecule has 4 rings (SSSR count). The van der Waals surface area contributed by atoms with E-state index in [0.29, 0.717) is 5.92 Å². The number of rotatable bonds is 1. The van der Waals surface area contributed by atoms with Crippen LogP contribution in [0.15, 0.2) is 60.7 Å². The summed E-state index contributed by atoms with van der Waals surface area (Å²) < 4.78 is 6.12. The Morgan fingerprint density at radius 1 is 0.909 bits per heavy atom. The second kappa shape index (κ2) is 5.17. The summed E-state index contributed by atoms with van der Waals surface area (Å²) in [6, 6.07) is 21.9. The van der Waals surface area contributed by atoms with Gasteiger partial charge in [0.25, 0.3) is 0 Å². The lowest BCUT2D eigenvalue weighted by atomic mass is 9.82. The third-order valence-corrected chi connectivity index (χ3v) is 4.65. The van der Waals surface area contributed by atoms with Crippen molar-refractivity contribution >= 4 is 10.8 Å². The van der Waals surface area contributed by atoms with Gasteiger partial charge in [-0.25, -0.2) is 0 Å². The van der Waals surface area contributed by atoms with Gasteiger partial charge >= 0.3 is 0 Å². The van der Waals surface area contributed by atoms with E-state index in [1.54, 1.807) is 0 Å². The van der Waals surface area contributed by atoms with Gasteiger partial charge in [0.1, 0.15) is 5.75 Å². The van der Waals surface area contributed by atoms with E-state index in [0.717, 1.165) is 12.2 Å².